The molecule has 388 valence electrons. The van der Waals surface area contributed by atoms with Gasteiger partial charge >= 0.3 is 43.4 Å². The number of nitrogens with zero attached hydrogens (tertiary/aromatic N) is 10. The first-order chi connectivity index (χ1) is 36.5. The molecule has 5 aliphatic heterocycles. The molecule has 3 fully saturated rings. The molecule has 1 spiro atoms. The van der Waals surface area contributed by atoms with Crippen LogP contribution in [0.25, 0.3) is 27.2 Å². The maximum absolute atomic E-state index is 10.0. The molecule has 3 unspecified atom stereocenters. The summed E-state index contributed by atoms with van der Waals surface area (Å²) in [5.74, 6) is 3.07. The number of anilines is 2. The number of fused-ring (bicyclic) bond motifs is 6. The van der Waals surface area contributed by atoms with Gasteiger partial charge in [0, 0.05) is 6.61 Å². The zero-order valence-corrected chi connectivity index (χ0v) is 42.1. The van der Waals surface area contributed by atoms with Gasteiger partial charge in [-0.15, -0.1) is 5.46 Å². The van der Waals surface area contributed by atoms with Crippen LogP contribution >= 0.6 is 0 Å². The predicted molar refractivity (Wildman–Crippen MR) is 269 cm³/mol. The second kappa shape index (κ2) is 22.8. The van der Waals surface area contributed by atoms with Gasteiger partial charge in [0.05, 0.1) is 62.9 Å². The van der Waals surface area contributed by atoms with Crippen molar-refractivity contribution in [3.05, 3.63) is 138 Å². The van der Waals surface area contributed by atoms with Gasteiger partial charge in [-0.05, 0) is 71.7 Å². The van der Waals surface area contributed by atoms with Gasteiger partial charge in [-0.3, -0.25) is 9.13 Å². The Bertz CT molecular complexity index is 3500. The average Bonchev–Trinajstić information content (AvgIpc) is 4.50. The molecule has 13 rings (SSSR count). The van der Waals surface area contributed by atoms with Crippen LogP contribution in [0.15, 0.2) is 110 Å². The van der Waals surface area contributed by atoms with Gasteiger partial charge in [0.2, 0.25) is 0 Å². The summed E-state index contributed by atoms with van der Waals surface area (Å²) >= 11 is 0. The van der Waals surface area contributed by atoms with Gasteiger partial charge in [-0.2, -0.15) is 5.26 Å². The van der Waals surface area contributed by atoms with Crippen molar-refractivity contribution in [2.75, 3.05) is 24.7 Å². The first kappa shape index (κ1) is 54.6. The quantitative estimate of drug-likeness (QED) is 0.0711. The number of nitrogen functional groups attached to an aromatic ring is 2. The van der Waals surface area contributed by atoms with E-state index in [0.717, 1.165) is 22.1 Å². The summed E-state index contributed by atoms with van der Waals surface area (Å²) in [7, 11) is -0.831. The van der Waals surface area contributed by atoms with Crippen LogP contribution in [-0.4, -0.2) is 128 Å². The smallest absolute Gasteiger partial charge is 0.537 e. The van der Waals surface area contributed by atoms with Crippen molar-refractivity contribution >= 4 is 64.4 Å². The number of aliphatic hydroxyl groups is 4. The summed E-state index contributed by atoms with van der Waals surface area (Å²) in [6.45, 7) is 4.62. The van der Waals surface area contributed by atoms with Crippen molar-refractivity contribution in [2.24, 2.45) is 0 Å². The molecule has 0 radical (unpaired) electrons. The molecule has 9 atom stereocenters. The molecule has 25 nitrogen and oxygen atoms in total. The summed E-state index contributed by atoms with van der Waals surface area (Å²) < 4.78 is 50.4. The Labute approximate surface area is 460 Å². The second-order valence-electron chi connectivity index (χ2n) is 17.6. The van der Waals surface area contributed by atoms with Crippen molar-refractivity contribution in [1.29, 1.82) is 5.26 Å². The van der Waals surface area contributed by atoms with E-state index >= 15 is 0 Å². The SMILES string of the molecule is C.N#Cc1ccc(Oc2ccc3c(c2)CO[B-]32OC3[C@@H](O2)[C@@H](CO)O[C@H]3n2cnc3c(N)ncnc32)cc1.Nc1ncnc2c1ncn2[C@@H]1O[C@H](CO)[C@H](O)C1O.[C-]#[N+]c1ccc(Oc2ccc3c(c2)COB3O)cc1.[Na+]. The second-order valence-corrected chi connectivity index (χ2v) is 17.6. The number of hydrogen-bond acceptors (Lipinski definition) is 22. The largest absolute Gasteiger partial charge is 1.00 e. The van der Waals surface area contributed by atoms with E-state index in [2.05, 4.69) is 40.8 Å². The van der Waals surface area contributed by atoms with Gasteiger partial charge in [0.15, 0.2) is 41.1 Å². The molecular formula is C49H47B2N12NaO13. The van der Waals surface area contributed by atoms with Gasteiger partial charge < -0.3 is 74.5 Å². The third-order valence-corrected chi connectivity index (χ3v) is 13.1. The van der Waals surface area contributed by atoms with Crippen molar-refractivity contribution in [3.63, 3.8) is 0 Å². The van der Waals surface area contributed by atoms with E-state index < -0.39 is 69.6 Å². The topological polar surface area (TPSA) is 342 Å². The van der Waals surface area contributed by atoms with Gasteiger partial charge in [0.1, 0.15) is 71.1 Å². The zero-order chi connectivity index (χ0) is 52.0. The first-order valence-electron chi connectivity index (χ1n) is 23.2. The molecular weight excluding hydrogens is 1010 g/mol. The van der Waals surface area contributed by atoms with E-state index in [0.29, 0.717) is 63.2 Å². The molecule has 0 aliphatic carbocycles. The Balaban J connectivity index is 0.000000153. The monoisotopic (exact) mass is 1060 g/mol. The number of nitriles is 1. The number of hydrogen-bond donors (Lipinski definition) is 7. The summed E-state index contributed by atoms with van der Waals surface area (Å²) in [6.07, 6.45) is -0.980. The van der Waals surface area contributed by atoms with Gasteiger partial charge in [-0.25, -0.2) is 34.7 Å². The van der Waals surface area contributed by atoms with Crippen LogP contribution in [0.2, 0.25) is 0 Å². The Morgan fingerprint density at radius 2 is 1.27 bits per heavy atom. The van der Waals surface area contributed by atoms with Crippen LogP contribution in [0.1, 0.15) is 36.6 Å². The fourth-order valence-corrected chi connectivity index (χ4v) is 9.41. The standard InChI is InChI=1S/C24H20BN6O6.C14H10BNO3.C10H13N5O4.CH4.Na/c26-8-13-1-3-15(4-2-13)34-16-5-6-17-14(7-16)10-33-25(17)36-20-18(9-32)35-24(21(20)37-25)31-12-30-19-22(27)28-11-29-23(19)31;1-16-11-2-4-12(5-3-11)19-13-6-7-14-10(8-13)9-18-15(14)17;11-8-5-9(13-2-12-8)15(3-14-5)10-7(18)6(17)4(1-16)19-10;;/h1-7,11-12,18,20-21,24,32H,9-10H2,(H2,27,28,29);2-8,17H,9H2;2-4,6-7,10,16-18H,1H2,(H2,11,12,13);1H4;/q-1;;;;+1/t18-,20+,21?,24-,25?;;4-,6+,7?,10-;;/m1.1../s1. The van der Waals surface area contributed by atoms with Crippen LogP contribution in [0, 0.1) is 17.9 Å². The first-order valence-corrected chi connectivity index (χ1v) is 23.2. The molecule has 0 amide bonds. The van der Waals surface area contributed by atoms with Crippen molar-refractivity contribution in [3.8, 4) is 29.1 Å². The van der Waals surface area contributed by atoms with Crippen molar-refractivity contribution in [2.45, 2.75) is 69.7 Å². The molecule has 5 aliphatic rings. The predicted octanol–water partition coefficient (Wildman–Crippen LogP) is -0.970. The molecule has 28 heteroatoms. The number of ether oxygens (including phenoxy) is 4. The number of benzene rings is 4. The van der Waals surface area contributed by atoms with Crippen molar-refractivity contribution < 1.29 is 92.6 Å². The van der Waals surface area contributed by atoms with Gasteiger partial charge in [0.25, 0.3) is 0 Å². The molecule has 9 N–H and O–H groups in total. The third-order valence-electron chi connectivity index (χ3n) is 13.1. The van der Waals surface area contributed by atoms with E-state index in [4.69, 9.17) is 66.0 Å². The Morgan fingerprint density at radius 3 is 1.87 bits per heavy atom. The van der Waals surface area contributed by atoms with Crippen LogP contribution in [0.4, 0.5) is 17.3 Å². The number of aliphatic hydroxyl groups excluding tert-OH is 4. The van der Waals surface area contributed by atoms with Gasteiger partial charge in [-0.1, -0.05) is 37.3 Å². The summed E-state index contributed by atoms with van der Waals surface area (Å²) in [6, 6.07) is 26.9. The van der Waals surface area contributed by atoms with E-state index in [1.807, 2.05) is 24.3 Å². The van der Waals surface area contributed by atoms with Crippen LogP contribution in [-0.2, 0) is 41.3 Å². The Kier molecular flexibility index (Phi) is 16.2. The normalized spacial score (nSPS) is 24.3. The van der Waals surface area contributed by atoms with Crippen LogP contribution < -0.4 is 61.4 Å². The maximum atomic E-state index is 10.0. The van der Waals surface area contributed by atoms with Crippen LogP contribution in [0.3, 0.4) is 0 Å². The fourth-order valence-electron chi connectivity index (χ4n) is 9.41. The van der Waals surface area contributed by atoms with E-state index in [1.165, 1.54) is 23.5 Å². The van der Waals surface area contributed by atoms with E-state index in [-0.39, 0.29) is 61.8 Å². The number of rotatable bonds is 8. The summed E-state index contributed by atoms with van der Waals surface area (Å²) in [5.41, 5.74) is 17.8. The van der Waals surface area contributed by atoms with E-state index in [9.17, 15) is 20.3 Å². The molecule has 8 aromatic rings. The average molecular weight is 1060 g/mol. The number of nitrogens with two attached hydrogens (primary N) is 2. The fraction of sp³-hybridized carbons (Fsp3) is 0.265. The number of aromatic nitrogens is 8. The molecule has 0 saturated carbocycles. The molecule has 0 bridgehead atoms. The Hall–Kier alpha value is -7.15. The third kappa shape index (κ3) is 10.4. The van der Waals surface area contributed by atoms with E-state index in [1.54, 1.807) is 71.6 Å². The molecule has 3 saturated heterocycles. The molecule has 4 aromatic carbocycles. The minimum absolute atomic E-state index is 0. The minimum Gasteiger partial charge on any atom is -0.537 e. The number of imidazole rings is 2. The summed E-state index contributed by atoms with van der Waals surface area (Å²) in [4.78, 5) is 27.8. The molecule has 4 aromatic heterocycles. The maximum Gasteiger partial charge on any atom is 1.00 e. The van der Waals surface area contributed by atoms with Crippen LogP contribution in [0.5, 0.6) is 23.0 Å². The Morgan fingerprint density at radius 1 is 0.714 bits per heavy atom. The molecule has 9 heterocycles. The zero-order valence-electron chi connectivity index (χ0n) is 40.1. The van der Waals surface area contributed by atoms with Crippen molar-refractivity contribution in [1.82, 2.24) is 39.0 Å². The molecule has 77 heavy (non-hydrogen) atoms. The minimum atomic E-state index is -2.27. The summed E-state index contributed by atoms with van der Waals surface area (Å²) in [5, 5.41) is 57.3.